The van der Waals surface area contributed by atoms with Gasteiger partial charge >= 0.3 is 0 Å². The number of para-hydroxylation sites is 2. The second-order valence-electron chi connectivity index (χ2n) is 4.20. The lowest BCUT2D eigenvalue weighted by molar-refractivity contribution is 0.816. The lowest BCUT2D eigenvalue weighted by Crippen LogP contribution is -1.99. The molecule has 1 N–H and O–H groups in total. The van der Waals surface area contributed by atoms with Crippen molar-refractivity contribution in [2.45, 2.75) is 20.3 Å². The zero-order valence-corrected chi connectivity index (χ0v) is 11.0. The first kappa shape index (κ1) is 11.3. The van der Waals surface area contributed by atoms with Crippen molar-refractivity contribution in [3.63, 3.8) is 0 Å². The van der Waals surface area contributed by atoms with Crippen molar-refractivity contribution in [3.05, 3.63) is 40.7 Å². The number of fused-ring (bicyclic) bond motifs is 1. The Morgan fingerprint density at radius 2 is 2.11 bits per heavy atom. The van der Waals surface area contributed by atoms with Crippen molar-refractivity contribution in [2.24, 2.45) is 0 Å². The highest BCUT2D eigenvalue weighted by Gasteiger charge is 2.15. The van der Waals surface area contributed by atoms with Gasteiger partial charge in [0.05, 0.1) is 16.7 Å². The molecule has 0 aliphatic heterocycles. The van der Waals surface area contributed by atoms with E-state index in [9.17, 15) is 0 Å². The van der Waals surface area contributed by atoms with Crippen molar-refractivity contribution in [3.8, 4) is 5.95 Å². The molecule has 3 aromatic rings. The van der Waals surface area contributed by atoms with Crippen molar-refractivity contribution < 1.29 is 0 Å². The number of halogens is 1. The summed E-state index contributed by atoms with van der Waals surface area (Å²) in [4.78, 5) is 7.72. The molecule has 3 rings (SSSR count). The van der Waals surface area contributed by atoms with Gasteiger partial charge in [-0.05, 0) is 25.5 Å². The highest BCUT2D eigenvalue weighted by molar-refractivity contribution is 6.30. The van der Waals surface area contributed by atoms with Gasteiger partial charge in [-0.1, -0.05) is 30.7 Å². The maximum Gasteiger partial charge on any atom is 0.230 e. The number of nitrogens with one attached hydrogen (secondary N) is 1. The van der Waals surface area contributed by atoms with E-state index in [-0.39, 0.29) is 0 Å². The summed E-state index contributed by atoms with van der Waals surface area (Å²) in [6, 6.07) is 7.87. The Bertz CT molecular complexity index is 678. The molecule has 0 amide bonds. The lowest BCUT2D eigenvalue weighted by Gasteiger charge is -1.97. The van der Waals surface area contributed by atoms with E-state index in [0.29, 0.717) is 11.1 Å². The fraction of sp³-hybridized carbons (Fsp3) is 0.231. The van der Waals surface area contributed by atoms with E-state index in [2.05, 4.69) is 22.0 Å². The third kappa shape index (κ3) is 1.61. The van der Waals surface area contributed by atoms with Gasteiger partial charge in [0, 0.05) is 5.56 Å². The van der Waals surface area contributed by atoms with Crippen LogP contribution >= 0.6 is 11.6 Å². The van der Waals surface area contributed by atoms with E-state index in [1.165, 1.54) is 0 Å². The molecule has 0 saturated heterocycles. The summed E-state index contributed by atoms with van der Waals surface area (Å²) in [5, 5.41) is 5.07. The van der Waals surface area contributed by atoms with Crippen LogP contribution in [0.15, 0.2) is 24.3 Å². The number of imidazole rings is 1. The molecular weight excluding hydrogens is 248 g/mol. The molecule has 92 valence electrons. The van der Waals surface area contributed by atoms with Gasteiger partial charge in [-0.2, -0.15) is 9.78 Å². The van der Waals surface area contributed by atoms with Crippen molar-refractivity contribution in [1.29, 1.82) is 0 Å². The molecule has 2 heterocycles. The smallest absolute Gasteiger partial charge is 0.230 e. The van der Waals surface area contributed by atoms with E-state index in [1.54, 1.807) is 4.68 Å². The molecule has 0 fully saturated rings. The Labute approximate surface area is 110 Å². The van der Waals surface area contributed by atoms with Gasteiger partial charge in [0.25, 0.3) is 0 Å². The van der Waals surface area contributed by atoms with Gasteiger partial charge in [-0.3, -0.25) is 0 Å². The first-order valence-electron chi connectivity index (χ1n) is 5.90. The van der Waals surface area contributed by atoms with Crippen LogP contribution in [0.25, 0.3) is 17.0 Å². The van der Waals surface area contributed by atoms with E-state index in [1.807, 2.05) is 31.2 Å². The molecule has 0 saturated carbocycles. The Kier molecular flexibility index (Phi) is 2.59. The number of hydrogen-bond acceptors (Lipinski definition) is 2. The molecular formula is C13H13ClN4. The molecule has 0 spiro atoms. The fourth-order valence-corrected chi connectivity index (χ4v) is 2.50. The van der Waals surface area contributed by atoms with Gasteiger partial charge in [0.15, 0.2) is 0 Å². The number of benzene rings is 1. The molecule has 0 aliphatic rings. The van der Waals surface area contributed by atoms with Crippen LogP contribution in [0.1, 0.15) is 18.2 Å². The summed E-state index contributed by atoms with van der Waals surface area (Å²) in [6.45, 7) is 4.03. The van der Waals surface area contributed by atoms with Crippen LogP contribution < -0.4 is 0 Å². The van der Waals surface area contributed by atoms with Crippen molar-refractivity contribution >= 4 is 22.6 Å². The fourth-order valence-electron chi connectivity index (χ4n) is 2.11. The highest BCUT2D eigenvalue weighted by atomic mass is 35.5. The monoisotopic (exact) mass is 260 g/mol. The molecule has 0 aliphatic carbocycles. The molecule has 18 heavy (non-hydrogen) atoms. The maximum atomic E-state index is 6.33. The summed E-state index contributed by atoms with van der Waals surface area (Å²) in [6.07, 6.45) is 0.866. The number of H-pyrrole nitrogens is 1. The predicted octanol–water partition coefficient (Wildman–Crippen LogP) is 3.27. The van der Waals surface area contributed by atoms with E-state index >= 15 is 0 Å². The number of rotatable bonds is 2. The summed E-state index contributed by atoms with van der Waals surface area (Å²) < 4.78 is 1.66. The second kappa shape index (κ2) is 4.14. The van der Waals surface area contributed by atoms with Gasteiger partial charge in [0.2, 0.25) is 5.95 Å². The number of aryl methyl sites for hydroxylation is 1. The highest BCUT2D eigenvalue weighted by Crippen LogP contribution is 2.23. The molecule has 0 unspecified atom stereocenters. The SMILES string of the molecule is CCc1c(C)nn(-c2nc3ccccc3[nH]2)c1Cl. The summed E-state index contributed by atoms with van der Waals surface area (Å²) >= 11 is 6.33. The lowest BCUT2D eigenvalue weighted by atomic mass is 10.2. The minimum Gasteiger partial charge on any atom is -0.322 e. The quantitative estimate of drug-likeness (QED) is 0.769. The number of hydrogen-bond donors (Lipinski definition) is 1. The van der Waals surface area contributed by atoms with Crippen LogP contribution in [0.4, 0.5) is 0 Å². The predicted molar refractivity (Wildman–Crippen MR) is 72.3 cm³/mol. The minimum atomic E-state index is 0.633. The summed E-state index contributed by atoms with van der Waals surface area (Å²) in [5.41, 5.74) is 3.91. The topological polar surface area (TPSA) is 46.5 Å². The average molecular weight is 261 g/mol. The van der Waals surface area contributed by atoms with Crippen molar-refractivity contribution in [2.75, 3.05) is 0 Å². The molecule has 5 heteroatoms. The van der Waals surface area contributed by atoms with Crippen molar-refractivity contribution in [1.82, 2.24) is 19.7 Å². The standard InChI is InChI=1S/C13H13ClN4/c1-3-9-8(2)17-18(12(9)14)13-15-10-6-4-5-7-11(10)16-13/h4-7H,3H2,1-2H3,(H,15,16). The van der Waals surface area contributed by atoms with Crippen LogP contribution in [-0.2, 0) is 6.42 Å². The van der Waals surface area contributed by atoms with Gasteiger partial charge in [-0.25, -0.2) is 4.98 Å². The third-order valence-electron chi connectivity index (χ3n) is 3.05. The normalized spacial score (nSPS) is 11.3. The Morgan fingerprint density at radius 1 is 1.33 bits per heavy atom. The maximum absolute atomic E-state index is 6.33. The van der Waals surface area contributed by atoms with E-state index in [0.717, 1.165) is 28.7 Å². The van der Waals surface area contributed by atoms with Crippen LogP contribution in [0.3, 0.4) is 0 Å². The van der Waals surface area contributed by atoms with Gasteiger partial charge in [0.1, 0.15) is 5.15 Å². The third-order valence-corrected chi connectivity index (χ3v) is 3.44. The molecule has 0 radical (unpaired) electrons. The molecule has 1 aromatic carbocycles. The number of nitrogens with zero attached hydrogens (tertiary/aromatic N) is 3. The first-order valence-corrected chi connectivity index (χ1v) is 6.27. The first-order chi connectivity index (χ1) is 8.70. The largest absolute Gasteiger partial charge is 0.322 e. The van der Waals surface area contributed by atoms with Crippen LogP contribution in [0.5, 0.6) is 0 Å². The summed E-state index contributed by atoms with van der Waals surface area (Å²) in [5.74, 6) is 0.656. The van der Waals surface area contributed by atoms with Crippen LogP contribution in [0, 0.1) is 6.92 Å². The zero-order valence-electron chi connectivity index (χ0n) is 10.2. The molecule has 2 aromatic heterocycles. The molecule has 0 bridgehead atoms. The number of aromatic nitrogens is 4. The van der Waals surface area contributed by atoms with Crippen LogP contribution in [-0.4, -0.2) is 19.7 Å². The summed E-state index contributed by atoms with van der Waals surface area (Å²) in [7, 11) is 0. The van der Waals surface area contributed by atoms with Gasteiger partial charge in [-0.15, -0.1) is 0 Å². The number of aromatic amines is 1. The zero-order chi connectivity index (χ0) is 12.7. The average Bonchev–Trinajstić information content (AvgIpc) is 2.90. The molecule has 4 nitrogen and oxygen atoms in total. The van der Waals surface area contributed by atoms with Gasteiger partial charge < -0.3 is 4.98 Å². The Hall–Kier alpha value is -1.81. The van der Waals surface area contributed by atoms with E-state index in [4.69, 9.17) is 11.6 Å². The minimum absolute atomic E-state index is 0.633. The Balaban J connectivity index is 2.20. The second-order valence-corrected chi connectivity index (χ2v) is 4.56. The molecule has 0 atom stereocenters. The Morgan fingerprint density at radius 3 is 2.78 bits per heavy atom. The van der Waals surface area contributed by atoms with Crippen LogP contribution in [0.2, 0.25) is 5.15 Å². The van der Waals surface area contributed by atoms with E-state index < -0.39 is 0 Å².